The maximum absolute atomic E-state index is 9.82. The Morgan fingerprint density at radius 2 is 2.19 bits per heavy atom. The summed E-state index contributed by atoms with van der Waals surface area (Å²) in [6.07, 6.45) is 2.01. The van der Waals surface area contributed by atoms with E-state index in [1.807, 2.05) is 12.1 Å². The molecule has 0 aliphatic carbocycles. The Hall–Kier alpha value is -0.490. The zero-order valence-corrected chi connectivity index (χ0v) is 10.4. The molecule has 0 amide bonds. The Kier molecular flexibility index (Phi) is 4.29. The molecule has 1 unspecified atom stereocenters. The van der Waals surface area contributed by atoms with Crippen LogP contribution in [0.4, 0.5) is 0 Å². The Labute approximate surface area is 103 Å². The lowest BCUT2D eigenvalue weighted by atomic mass is 10.1. The van der Waals surface area contributed by atoms with Crippen molar-refractivity contribution in [1.82, 2.24) is 4.98 Å². The molecule has 1 N–H and O–H groups in total. The Balaban J connectivity index is 1.81. The second kappa shape index (κ2) is 5.72. The summed E-state index contributed by atoms with van der Waals surface area (Å²) in [6.45, 7) is 1.24. The molecule has 1 aromatic rings. The van der Waals surface area contributed by atoms with Crippen LogP contribution in [-0.4, -0.2) is 35.7 Å². The standard InChI is InChI=1S/C11H14BrNO3/c12-8-1-2-9(13-7-8)5-10(14)6-11-15-3-4-16-11/h1-2,7,10-11,14H,3-6H2. The fourth-order valence-electron chi connectivity index (χ4n) is 1.62. The third kappa shape index (κ3) is 3.52. The molecule has 0 saturated carbocycles. The van der Waals surface area contributed by atoms with Crippen LogP contribution >= 0.6 is 15.9 Å². The van der Waals surface area contributed by atoms with E-state index in [2.05, 4.69) is 20.9 Å². The summed E-state index contributed by atoms with van der Waals surface area (Å²) in [5, 5.41) is 9.82. The van der Waals surface area contributed by atoms with Crippen molar-refractivity contribution in [3.05, 3.63) is 28.5 Å². The third-order valence-corrected chi connectivity index (χ3v) is 2.86. The van der Waals surface area contributed by atoms with E-state index >= 15 is 0 Å². The summed E-state index contributed by atoms with van der Waals surface area (Å²) in [4.78, 5) is 4.20. The van der Waals surface area contributed by atoms with Gasteiger partial charge in [-0.3, -0.25) is 4.98 Å². The van der Waals surface area contributed by atoms with Crippen molar-refractivity contribution >= 4 is 15.9 Å². The number of pyridine rings is 1. The van der Waals surface area contributed by atoms with Gasteiger partial charge in [0.25, 0.3) is 0 Å². The minimum Gasteiger partial charge on any atom is -0.393 e. The van der Waals surface area contributed by atoms with Crippen LogP contribution in [0.2, 0.25) is 0 Å². The first-order chi connectivity index (χ1) is 7.74. The Morgan fingerprint density at radius 3 is 2.81 bits per heavy atom. The first-order valence-electron chi connectivity index (χ1n) is 5.26. The van der Waals surface area contributed by atoms with Crippen molar-refractivity contribution in [2.75, 3.05) is 13.2 Å². The van der Waals surface area contributed by atoms with Crippen LogP contribution in [0.15, 0.2) is 22.8 Å². The molecule has 1 aliphatic rings. The van der Waals surface area contributed by atoms with Crippen LogP contribution in [0.3, 0.4) is 0 Å². The molecule has 88 valence electrons. The fraction of sp³-hybridized carbons (Fsp3) is 0.545. The minimum atomic E-state index is -0.475. The Morgan fingerprint density at radius 1 is 1.44 bits per heavy atom. The van der Waals surface area contributed by atoms with Gasteiger partial charge in [0.2, 0.25) is 0 Å². The van der Waals surface area contributed by atoms with Gasteiger partial charge >= 0.3 is 0 Å². The molecule has 1 fully saturated rings. The maximum Gasteiger partial charge on any atom is 0.160 e. The number of hydrogen-bond acceptors (Lipinski definition) is 4. The molecule has 1 aliphatic heterocycles. The molecular formula is C11H14BrNO3. The molecule has 2 heterocycles. The third-order valence-electron chi connectivity index (χ3n) is 2.39. The second-order valence-electron chi connectivity index (χ2n) is 3.73. The highest BCUT2D eigenvalue weighted by molar-refractivity contribution is 9.10. The number of ether oxygens (including phenoxy) is 2. The first kappa shape index (κ1) is 12.0. The van der Waals surface area contributed by atoms with Crippen molar-refractivity contribution in [2.45, 2.75) is 25.2 Å². The molecule has 16 heavy (non-hydrogen) atoms. The maximum atomic E-state index is 9.82. The van der Waals surface area contributed by atoms with E-state index in [0.717, 1.165) is 10.2 Å². The van der Waals surface area contributed by atoms with E-state index in [1.54, 1.807) is 6.20 Å². The van der Waals surface area contributed by atoms with Gasteiger partial charge in [-0.1, -0.05) is 0 Å². The molecule has 5 heteroatoms. The van der Waals surface area contributed by atoms with Gasteiger partial charge in [-0.25, -0.2) is 0 Å². The summed E-state index contributed by atoms with van der Waals surface area (Å²) in [7, 11) is 0. The molecule has 0 bridgehead atoms. The lowest BCUT2D eigenvalue weighted by Gasteiger charge is -2.14. The van der Waals surface area contributed by atoms with Gasteiger partial charge in [-0.05, 0) is 28.1 Å². The zero-order valence-electron chi connectivity index (χ0n) is 8.80. The van der Waals surface area contributed by atoms with Gasteiger partial charge < -0.3 is 14.6 Å². The van der Waals surface area contributed by atoms with Crippen molar-refractivity contribution < 1.29 is 14.6 Å². The van der Waals surface area contributed by atoms with Crippen molar-refractivity contribution in [2.24, 2.45) is 0 Å². The van der Waals surface area contributed by atoms with E-state index < -0.39 is 6.10 Å². The van der Waals surface area contributed by atoms with Crippen LogP contribution in [0.5, 0.6) is 0 Å². The van der Waals surface area contributed by atoms with Crippen LogP contribution < -0.4 is 0 Å². The fourth-order valence-corrected chi connectivity index (χ4v) is 1.85. The second-order valence-corrected chi connectivity index (χ2v) is 4.65. The Bertz CT molecular complexity index is 325. The van der Waals surface area contributed by atoms with Crippen molar-refractivity contribution in [3.8, 4) is 0 Å². The predicted octanol–water partition coefficient (Wildman–Crippen LogP) is 1.51. The average molecular weight is 288 g/mol. The monoisotopic (exact) mass is 287 g/mol. The van der Waals surface area contributed by atoms with Gasteiger partial charge in [-0.15, -0.1) is 0 Å². The number of halogens is 1. The molecule has 1 atom stereocenters. The topological polar surface area (TPSA) is 51.6 Å². The largest absolute Gasteiger partial charge is 0.393 e. The highest BCUT2D eigenvalue weighted by Crippen LogP contribution is 2.14. The molecule has 1 aromatic heterocycles. The van der Waals surface area contributed by atoms with Crippen molar-refractivity contribution in [3.63, 3.8) is 0 Å². The first-order valence-corrected chi connectivity index (χ1v) is 6.05. The lowest BCUT2D eigenvalue weighted by Crippen LogP contribution is -2.20. The van der Waals surface area contributed by atoms with E-state index in [1.165, 1.54) is 0 Å². The van der Waals surface area contributed by atoms with Crippen LogP contribution in [-0.2, 0) is 15.9 Å². The average Bonchev–Trinajstić information content (AvgIpc) is 2.74. The molecule has 1 saturated heterocycles. The number of aliphatic hydroxyl groups excluding tert-OH is 1. The molecule has 2 rings (SSSR count). The van der Waals surface area contributed by atoms with Gasteiger partial charge in [0.1, 0.15) is 0 Å². The van der Waals surface area contributed by atoms with Crippen LogP contribution in [0, 0.1) is 0 Å². The highest BCUT2D eigenvalue weighted by atomic mass is 79.9. The van der Waals surface area contributed by atoms with Crippen LogP contribution in [0.1, 0.15) is 12.1 Å². The summed E-state index contributed by atoms with van der Waals surface area (Å²) < 4.78 is 11.5. The minimum absolute atomic E-state index is 0.259. The molecule has 0 radical (unpaired) electrons. The van der Waals surface area contributed by atoms with E-state index in [4.69, 9.17) is 9.47 Å². The summed E-state index contributed by atoms with van der Waals surface area (Å²) in [5.74, 6) is 0. The normalized spacial score (nSPS) is 18.9. The van der Waals surface area contributed by atoms with E-state index in [9.17, 15) is 5.11 Å². The van der Waals surface area contributed by atoms with Crippen molar-refractivity contribution in [1.29, 1.82) is 0 Å². The van der Waals surface area contributed by atoms with Gasteiger partial charge in [0, 0.05) is 29.2 Å². The summed E-state index contributed by atoms with van der Waals surface area (Å²) in [6, 6.07) is 3.81. The summed E-state index contributed by atoms with van der Waals surface area (Å²) >= 11 is 3.32. The number of nitrogens with zero attached hydrogens (tertiary/aromatic N) is 1. The highest BCUT2D eigenvalue weighted by Gasteiger charge is 2.20. The van der Waals surface area contributed by atoms with E-state index in [0.29, 0.717) is 26.1 Å². The predicted molar refractivity (Wildman–Crippen MR) is 62.0 cm³/mol. The van der Waals surface area contributed by atoms with Gasteiger partial charge in [0.15, 0.2) is 6.29 Å². The SMILES string of the molecule is OC(Cc1ccc(Br)cn1)CC1OCCO1. The summed E-state index contributed by atoms with van der Waals surface area (Å²) in [5.41, 5.74) is 0.869. The number of aromatic nitrogens is 1. The van der Waals surface area contributed by atoms with Gasteiger partial charge in [-0.2, -0.15) is 0 Å². The molecular weight excluding hydrogens is 274 g/mol. The number of rotatable bonds is 4. The van der Waals surface area contributed by atoms with Gasteiger partial charge in [0.05, 0.1) is 19.3 Å². The number of aliphatic hydroxyl groups is 1. The molecule has 4 nitrogen and oxygen atoms in total. The lowest BCUT2D eigenvalue weighted by molar-refractivity contribution is -0.0699. The van der Waals surface area contributed by atoms with E-state index in [-0.39, 0.29) is 6.29 Å². The number of hydrogen-bond donors (Lipinski definition) is 1. The quantitative estimate of drug-likeness (QED) is 0.912. The molecule has 0 spiro atoms. The zero-order chi connectivity index (χ0) is 11.4. The molecule has 0 aromatic carbocycles. The smallest absolute Gasteiger partial charge is 0.160 e. The van der Waals surface area contributed by atoms with Crippen LogP contribution in [0.25, 0.3) is 0 Å².